The zero-order valence-corrected chi connectivity index (χ0v) is 81.1. The molecule has 12 aromatic heterocycles. The van der Waals surface area contributed by atoms with Gasteiger partial charge in [-0.3, -0.25) is 0 Å². The van der Waals surface area contributed by atoms with Gasteiger partial charge in [0.1, 0.15) is 22.3 Å². The van der Waals surface area contributed by atoms with Gasteiger partial charge >= 0.3 is 0 Å². The summed E-state index contributed by atoms with van der Waals surface area (Å²) >= 11 is 0. The van der Waals surface area contributed by atoms with Crippen LogP contribution in [0.1, 0.15) is 77.4 Å². The van der Waals surface area contributed by atoms with Crippen LogP contribution in [0.5, 0.6) is 0 Å². The molecule has 676 valence electrons. The molecule has 24 aromatic rings. The molecule has 0 amide bonds. The standard InChI is InChI=1S/C19H14NO.2C18H12NO.C17H10NO.4C12H10N.4Ir/c1-12-10-17(20-11-13(12)2)16-8-5-7-15-14-6-3-4-9-18(14)21-19(15)16;1-12-9-10-19-16(11-12)15-7-4-6-14-13-5-2-3-8-17(13)20-18(14)15;1-12-9-10-16(19-11-12)15-7-4-6-14-13-5-2-3-8-17(13)20-18(14)15;1-2-10-16-12(6-1)13-7-5-8-14(17(13)19-16)15-9-3-4-11-18-15;4*1-10-7-8-12(13-9-10)11-5-3-2-4-6-11;;;;/h3-7,9-11H,1-2H3;2*2-6,8-11H,1H3;1-7,9-11H;4*2-5,7-9H,1H3;;;;/q8*-1;;;;/i1D3,2D3;2*1D3;;4*1D3;;;;. The van der Waals surface area contributed by atoms with Gasteiger partial charge in [-0.1, -0.05) is 213 Å². The van der Waals surface area contributed by atoms with Crippen molar-refractivity contribution in [3.8, 4) is 90.1 Å². The van der Waals surface area contributed by atoms with E-state index in [1.165, 1.54) is 49.3 Å². The van der Waals surface area contributed by atoms with Gasteiger partial charge in [0.05, 0.1) is 22.3 Å². The topological polar surface area (TPSA) is 156 Å². The molecule has 12 aromatic carbocycles. The number of aryl methyl sites for hydroxylation is 8. The van der Waals surface area contributed by atoms with Crippen LogP contribution < -0.4 is 0 Å². The molecular formula is C120H88Ir4N8O4-8. The predicted octanol–water partition coefficient (Wildman–Crippen LogP) is 30.4. The molecule has 0 fully saturated rings. The first-order valence-electron chi connectivity index (χ1n) is 53.3. The van der Waals surface area contributed by atoms with Gasteiger partial charge in [0.25, 0.3) is 0 Å². The van der Waals surface area contributed by atoms with E-state index in [0.717, 1.165) is 133 Å². The van der Waals surface area contributed by atoms with Crippen molar-refractivity contribution >= 4 is 87.8 Å². The fourth-order valence-electron chi connectivity index (χ4n) is 14.2. The third kappa shape index (κ3) is 24.4. The van der Waals surface area contributed by atoms with Crippen molar-refractivity contribution in [2.45, 2.75) is 54.8 Å². The van der Waals surface area contributed by atoms with Crippen LogP contribution in [-0.4, -0.2) is 39.9 Å². The van der Waals surface area contributed by atoms with Crippen molar-refractivity contribution in [1.29, 1.82) is 0 Å². The maximum atomic E-state index is 7.73. The molecule has 4 radical (unpaired) electrons. The number of nitrogens with zero attached hydrogens (tertiary/aromatic N) is 8. The minimum absolute atomic E-state index is 0. The number of aromatic nitrogens is 8. The number of furan rings is 4. The molecule has 0 unspecified atom stereocenters. The number of pyridine rings is 8. The van der Waals surface area contributed by atoms with Gasteiger partial charge in [-0.15, -0.1) is 216 Å². The molecular weight excluding hydrogens is 2390 g/mol. The number of fused-ring (bicyclic) bond motifs is 12. The second-order valence-electron chi connectivity index (χ2n) is 29.3. The summed E-state index contributed by atoms with van der Waals surface area (Å²) in [5.41, 5.74) is 18.5. The van der Waals surface area contributed by atoms with Gasteiger partial charge < -0.3 is 57.5 Å². The number of hydrogen-bond donors (Lipinski definition) is 0. The zero-order valence-electron chi connectivity index (χ0n) is 95.5. The summed E-state index contributed by atoms with van der Waals surface area (Å²) in [5, 5.41) is 8.04. The van der Waals surface area contributed by atoms with E-state index in [4.69, 9.17) is 50.6 Å². The van der Waals surface area contributed by atoms with Crippen LogP contribution in [0.2, 0.25) is 0 Å². The van der Waals surface area contributed by atoms with Gasteiger partial charge in [-0.05, 0) is 170 Å². The minimum atomic E-state index is -2.58. The predicted molar refractivity (Wildman–Crippen MR) is 535 cm³/mol. The minimum Gasteiger partial charge on any atom is -0.501 e. The quantitative estimate of drug-likeness (QED) is 0.133. The first kappa shape index (κ1) is 71.2. The monoisotopic (exact) mass is 2500 g/mol. The van der Waals surface area contributed by atoms with Crippen LogP contribution in [0.3, 0.4) is 0 Å². The summed E-state index contributed by atoms with van der Waals surface area (Å²) in [7, 11) is 0. The van der Waals surface area contributed by atoms with Crippen LogP contribution in [0.4, 0.5) is 0 Å². The van der Waals surface area contributed by atoms with Crippen LogP contribution >= 0.6 is 0 Å². The zero-order chi connectivity index (χ0) is 110. The second-order valence-corrected chi connectivity index (χ2v) is 29.3. The number of rotatable bonds is 8. The molecule has 136 heavy (non-hydrogen) atoms. The Balaban J connectivity index is 0.000000152. The van der Waals surface area contributed by atoms with E-state index in [9.17, 15) is 0 Å². The Morgan fingerprint density at radius 2 is 0.485 bits per heavy atom. The van der Waals surface area contributed by atoms with Gasteiger partial charge in [-0.2, -0.15) is 0 Å². The molecule has 0 atom stereocenters. The second kappa shape index (κ2) is 48.0. The molecule has 12 nitrogen and oxygen atoms in total. The average Bonchev–Trinajstić information content (AvgIpc) is 1.57. The first-order valence-corrected chi connectivity index (χ1v) is 41.3. The van der Waals surface area contributed by atoms with Crippen molar-refractivity contribution in [3.05, 3.63) is 482 Å². The summed E-state index contributed by atoms with van der Waals surface area (Å²) in [4.78, 5) is 33.7. The van der Waals surface area contributed by atoms with E-state index in [1.54, 1.807) is 103 Å². The fourth-order valence-corrected chi connectivity index (χ4v) is 14.2. The van der Waals surface area contributed by atoms with Crippen molar-refractivity contribution in [2.75, 3.05) is 0 Å². The Morgan fingerprint density at radius 1 is 0.199 bits per heavy atom. The normalized spacial score (nSPS) is 13.8. The molecule has 16 heteroatoms. The van der Waals surface area contributed by atoms with Crippen molar-refractivity contribution in [2.24, 2.45) is 0 Å². The SMILES string of the molecule is [2H]C([2H])([2H])c1ccc(-c2[c-]ccc3c2oc2ccccc23)nc1.[2H]C([2H])([2H])c1ccc(-c2[c-]cccc2)nc1.[2H]C([2H])([2H])c1ccc(-c2[c-]cccc2)nc1.[2H]C([2H])([2H])c1ccc(-c2[c-]cccc2)nc1.[2H]C([2H])([2H])c1ccc(-c2[c-]cccc2)nc1.[2H]C([2H])([2H])c1ccnc(-c2[c-]ccc3c2oc2ccccc23)c1.[2H]C([2H])([2H])c1cnc(-c2[c-]ccc3c2oc2ccccc23)cc1C([2H])([2H])[2H].[Ir].[Ir].[Ir].[Ir].[c-]1ccc2c(oc3ccccc32)c1-c1ccccn1. The fraction of sp³-hybridized carbons (Fsp3) is 0.0667. The van der Waals surface area contributed by atoms with Crippen LogP contribution in [-0.2, 0) is 80.4 Å². The van der Waals surface area contributed by atoms with Crippen LogP contribution in [0, 0.1) is 103 Å². The Kier molecular flexibility index (Phi) is 25.2. The summed E-state index contributed by atoms with van der Waals surface area (Å²) in [6.07, 6.45) is 11.4. The average molecular weight is 2500 g/mol. The molecule has 0 aliphatic heterocycles. The van der Waals surface area contributed by atoms with E-state index in [-0.39, 0.29) is 125 Å². The molecule has 12 heterocycles. The van der Waals surface area contributed by atoms with Crippen LogP contribution in [0.25, 0.3) is 178 Å². The van der Waals surface area contributed by atoms with E-state index < -0.39 is 54.8 Å². The number of para-hydroxylation sites is 4. The van der Waals surface area contributed by atoms with Gasteiger partial charge in [0.2, 0.25) is 0 Å². The summed E-state index contributed by atoms with van der Waals surface area (Å²) < 4.78 is 201. The van der Waals surface area contributed by atoms with Crippen molar-refractivity contribution < 1.29 is 131 Å². The van der Waals surface area contributed by atoms with Gasteiger partial charge in [-0.25, -0.2) is 0 Å². The van der Waals surface area contributed by atoms with E-state index >= 15 is 0 Å². The van der Waals surface area contributed by atoms with E-state index in [2.05, 4.69) is 94.5 Å². The molecule has 0 saturated carbocycles. The first-order chi connectivity index (χ1) is 74.5. The van der Waals surface area contributed by atoms with Gasteiger partial charge in [0, 0.05) is 184 Å². The van der Waals surface area contributed by atoms with E-state index in [0.29, 0.717) is 50.5 Å². The Labute approximate surface area is 879 Å². The molecule has 0 aliphatic rings. The Bertz CT molecular complexity index is 8600. The Hall–Kier alpha value is -14.4. The molecule has 0 spiro atoms. The van der Waals surface area contributed by atoms with E-state index in [1.807, 2.05) is 224 Å². The smallest absolute Gasteiger partial charge is 0.120 e. The number of hydrogen-bond acceptors (Lipinski definition) is 12. The summed E-state index contributed by atoms with van der Waals surface area (Å²) in [6, 6.07) is 127. The molecule has 0 aliphatic carbocycles. The third-order valence-electron chi connectivity index (χ3n) is 20.5. The third-order valence-corrected chi connectivity index (χ3v) is 20.5. The molecule has 0 N–H and O–H groups in total. The summed E-state index contributed by atoms with van der Waals surface area (Å²) in [5.74, 6) is 0. The van der Waals surface area contributed by atoms with Gasteiger partial charge in [0.15, 0.2) is 0 Å². The van der Waals surface area contributed by atoms with Crippen LogP contribution in [0.15, 0.2) is 407 Å². The van der Waals surface area contributed by atoms with Crippen molar-refractivity contribution in [1.82, 2.24) is 39.9 Å². The molecule has 0 bridgehead atoms. The van der Waals surface area contributed by atoms with Crippen molar-refractivity contribution in [3.63, 3.8) is 0 Å². The summed E-state index contributed by atoms with van der Waals surface area (Å²) in [6.45, 7) is -17.8. The maximum Gasteiger partial charge on any atom is 0.120 e. The maximum absolute atomic E-state index is 7.73. The molecule has 24 rings (SSSR count). The Morgan fingerprint density at radius 3 is 0.779 bits per heavy atom. The molecule has 0 saturated heterocycles. The largest absolute Gasteiger partial charge is 0.501 e. The number of benzene rings is 12.